The Balaban J connectivity index is 1.62. The van der Waals surface area contributed by atoms with Gasteiger partial charge >= 0.3 is 5.92 Å². The average molecular weight is 509 g/mol. The van der Waals surface area contributed by atoms with Crippen molar-refractivity contribution < 1.29 is 28.0 Å². The molecule has 2 aliphatic heterocycles. The molecule has 0 radical (unpaired) electrons. The molecule has 14 heteroatoms. The van der Waals surface area contributed by atoms with Crippen molar-refractivity contribution in [2.24, 2.45) is 0 Å². The van der Waals surface area contributed by atoms with Crippen LogP contribution in [0.25, 0.3) is 0 Å². The van der Waals surface area contributed by atoms with Gasteiger partial charge in [0.1, 0.15) is 29.6 Å². The van der Waals surface area contributed by atoms with Gasteiger partial charge in [-0.25, -0.2) is 0 Å². The van der Waals surface area contributed by atoms with Crippen LogP contribution in [0.15, 0.2) is 42.5 Å². The molecule has 1 N–H and O–H groups in total. The Bertz CT molecular complexity index is 1280. The Morgan fingerprint density at radius 2 is 1.69 bits per heavy atom. The van der Waals surface area contributed by atoms with Gasteiger partial charge in [0.15, 0.2) is 0 Å². The summed E-state index contributed by atoms with van der Waals surface area (Å²) in [6, 6.07) is 8.99. The van der Waals surface area contributed by atoms with Crippen molar-refractivity contribution in [1.29, 1.82) is 0 Å². The van der Waals surface area contributed by atoms with E-state index in [2.05, 4.69) is 5.32 Å². The fourth-order valence-electron chi connectivity index (χ4n) is 4.75. The molecule has 1 saturated heterocycles. The molecule has 182 valence electrons. The zero-order chi connectivity index (χ0) is 26.6. The van der Waals surface area contributed by atoms with Crippen molar-refractivity contribution in [2.75, 3.05) is 0 Å². The lowest BCUT2D eigenvalue weighted by molar-refractivity contribution is -0.155. The number of nitrogens with one attached hydrogen (secondary N) is 1. The minimum absolute atomic E-state index is 0.135. The van der Waals surface area contributed by atoms with Crippen LogP contribution in [-0.4, -0.2) is 70.9 Å². The second-order valence-corrected chi connectivity index (χ2v) is 10.1. The number of imide groups is 1. The second-order valence-electron chi connectivity index (χ2n) is 9.66. The molecule has 2 aromatic carbocycles. The van der Waals surface area contributed by atoms with Gasteiger partial charge in [0.05, 0.1) is 0 Å². The third-order valence-corrected chi connectivity index (χ3v) is 7.51. The average Bonchev–Trinajstić information content (AvgIpc) is 3.08. The summed E-state index contributed by atoms with van der Waals surface area (Å²) >= 11 is 5.79. The second kappa shape index (κ2) is 9.10. The van der Waals surface area contributed by atoms with Crippen LogP contribution in [0.4, 0.5) is 8.78 Å². The van der Waals surface area contributed by atoms with Crippen LogP contribution in [0, 0.1) is 0 Å². The summed E-state index contributed by atoms with van der Waals surface area (Å²) in [5.74, 6) is -6.88. The van der Waals surface area contributed by atoms with Gasteiger partial charge in [-0.1, -0.05) is 35.9 Å². The molecule has 4 amide bonds. The molecule has 2 unspecified atom stereocenters. The molecule has 0 spiro atoms. The highest BCUT2D eigenvalue weighted by Crippen LogP contribution is 2.38. The summed E-state index contributed by atoms with van der Waals surface area (Å²) in [6.45, 7) is 0. The predicted octanol–water partition coefficient (Wildman–Crippen LogP) is -1.22. The first-order valence-electron chi connectivity index (χ1n) is 11.5. The van der Waals surface area contributed by atoms with Gasteiger partial charge in [-0.2, -0.15) is 8.78 Å². The van der Waals surface area contributed by atoms with Gasteiger partial charge in [-0.05, 0) is 41.1 Å². The van der Waals surface area contributed by atoms with E-state index in [4.69, 9.17) is 11.6 Å². The van der Waals surface area contributed by atoms with Gasteiger partial charge in [0.2, 0.25) is 19.8 Å². The number of amides is 4. The minimum atomic E-state index is -3.78. The Labute approximate surface area is 215 Å². The summed E-state index contributed by atoms with van der Waals surface area (Å²) < 4.78 is 30.2. The number of carbonyl (C=O) groups excluding carboxylic acids is 4. The van der Waals surface area contributed by atoms with E-state index < -0.39 is 40.6 Å². The SMILES string of the molecule is BC1c2cc(C(B)(B)N(B)C(=O)C(F)(F)c3ccc(Cl)cc3)ccc2C(=O)N1C1CCC(=O)NC1=O. The molecule has 7 nitrogen and oxygen atoms in total. The number of alkyl halides is 2. The van der Waals surface area contributed by atoms with Gasteiger partial charge < -0.3 is 9.71 Å². The maximum atomic E-state index is 15.1. The maximum Gasteiger partial charge on any atom is 0.348 e. The molecule has 36 heavy (non-hydrogen) atoms. The summed E-state index contributed by atoms with van der Waals surface area (Å²) in [7, 11) is 6.37. The molecule has 0 saturated carbocycles. The highest BCUT2D eigenvalue weighted by Gasteiger charge is 2.47. The van der Waals surface area contributed by atoms with E-state index in [0.717, 1.165) is 16.9 Å². The molecule has 0 aliphatic carbocycles. The van der Waals surface area contributed by atoms with E-state index in [1.807, 2.05) is 0 Å². The molecular formula is C22H22B4ClF2N3O4. The summed E-state index contributed by atoms with van der Waals surface area (Å²) in [4.78, 5) is 52.5. The van der Waals surface area contributed by atoms with E-state index in [1.54, 1.807) is 41.7 Å². The standard InChI is InChI=1S/C22H22B4ClF2N3O4/c23-17-14-9-11(3-6-13(14)19(35)31(17)15-7-8-16(33)30-18(15)34)22(24,25)32(26)20(36)21(28,29)10-1-4-12(27)5-2-10/h1-6,9,15,17H,7-8,23-26H2,(H,30,33,34). The van der Waals surface area contributed by atoms with Crippen molar-refractivity contribution >= 4 is 66.7 Å². The highest BCUT2D eigenvalue weighted by molar-refractivity contribution is 6.43. The van der Waals surface area contributed by atoms with Crippen LogP contribution in [-0.2, 0) is 25.6 Å². The van der Waals surface area contributed by atoms with Crippen LogP contribution >= 0.6 is 11.6 Å². The first-order chi connectivity index (χ1) is 16.8. The van der Waals surface area contributed by atoms with Crippen LogP contribution < -0.4 is 5.32 Å². The largest absolute Gasteiger partial charge is 0.393 e. The van der Waals surface area contributed by atoms with E-state index in [0.29, 0.717) is 16.7 Å². The van der Waals surface area contributed by atoms with E-state index >= 15 is 8.78 Å². The predicted molar refractivity (Wildman–Crippen MR) is 140 cm³/mol. The van der Waals surface area contributed by atoms with Crippen LogP contribution in [0.5, 0.6) is 0 Å². The first kappa shape index (κ1) is 26.0. The summed E-state index contributed by atoms with van der Waals surface area (Å²) in [5.41, 5.74) is 1.11. The third-order valence-electron chi connectivity index (χ3n) is 7.25. The summed E-state index contributed by atoms with van der Waals surface area (Å²) in [6.07, 6.45) is 0.361. The molecule has 4 rings (SSSR count). The Morgan fingerprint density at radius 3 is 2.31 bits per heavy atom. The highest BCUT2D eigenvalue weighted by atomic mass is 35.5. The molecule has 2 heterocycles. The number of hydrogen-bond donors (Lipinski definition) is 1. The molecular weight excluding hydrogens is 487 g/mol. The number of carbonyl (C=O) groups is 4. The van der Waals surface area contributed by atoms with Crippen LogP contribution in [0.1, 0.15) is 45.8 Å². The van der Waals surface area contributed by atoms with Crippen molar-refractivity contribution in [3.63, 3.8) is 0 Å². The molecule has 0 aromatic heterocycles. The van der Waals surface area contributed by atoms with Crippen molar-refractivity contribution in [3.8, 4) is 0 Å². The monoisotopic (exact) mass is 509 g/mol. The molecule has 2 atom stereocenters. The Morgan fingerprint density at radius 1 is 1.08 bits per heavy atom. The molecule has 2 aliphatic rings. The van der Waals surface area contributed by atoms with Crippen molar-refractivity contribution in [2.45, 2.75) is 36.1 Å². The maximum absolute atomic E-state index is 15.1. The van der Waals surface area contributed by atoms with Gasteiger partial charge in [-0.3, -0.25) is 24.5 Å². The number of halogens is 3. The zero-order valence-electron chi connectivity index (χ0n) is 20.3. The molecule has 2 aromatic rings. The lowest BCUT2D eigenvalue weighted by Gasteiger charge is -2.40. The fourth-order valence-corrected chi connectivity index (χ4v) is 4.87. The topological polar surface area (TPSA) is 86.8 Å². The summed E-state index contributed by atoms with van der Waals surface area (Å²) in [5, 5.41) is 1.39. The fraction of sp³-hybridized carbons (Fsp3) is 0.273. The number of nitrogens with zero attached hydrogens (tertiary/aromatic N) is 2. The van der Waals surface area contributed by atoms with Crippen molar-refractivity contribution in [1.82, 2.24) is 15.0 Å². The smallest absolute Gasteiger partial charge is 0.348 e. The van der Waals surface area contributed by atoms with E-state index in [-0.39, 0.29) is 29.7 Å². The van der Waals surface area contributed by atoms with Gasteiger partial charge in [-0.15, -0.1) is 0 Å². The first-order valence-corrected chi connectivity index (χ1v) is 11.9. The lowest BCUT2D eigenvalue weighted by Crippen LogP contribution is -2.54. The normalized spacial score (nSPS) is 20.2. The number of fused-ring (bicyclic) bond motifs is 1. The molecule has 1 fully saturated rings. The quantitative estimate of drug-likeness (QED) is 0.405. The van der Waals surface area contributed by atoms with Gasteiger partial charge in [0, 0.05) is 28.5 Å². The van der Waals surface area contributed by atoms with E-state index in [9.17, 15) is 19.2 Å². The van der Waals surface area contributed by atoms with E-state index in [1.165, 1.54) is 25.0 Å². The zero-order valence-corrected chi connectivity index (χ0v) is 21.0. The van der Waals surface area contributed by atoms with Crippen molar-refractivity contribution in [3.05, 3.63) is 69.7 Å². The number of hydrogen-bond acceptors (Lipinski definition) is 4. The number of piperidine rings is 1. The molecule has 0 bridgehead atoms. The third kappa shape index (κ3) is 4.23. The van der Waals surface area contributed by atoms with Crippen LogP contribution in [0.3, 0.4) is 0 Å². The number of rotatable bonds is 5. The van der Waals surface area contributed by atoms with Gasteiger partial charge in [0.25, 0.3) is 11.8 Å². The minimum Gasteiger partial charge on any atom is -0.393 e. The Kier molecular flexibility index (Phi) is 6.58. The Hall–Kier alpha value is -3.07. The van der Waals surface area contributed by atoms with Crippen LogP contribution in [0.2, 0.25) is 5.02 Å². The number of benzene rings is 2. The lowest BCUT2D eigenvalue weighted by atomic mass is 9.55.